The highest BCUT2D eigenvalue weighted by atomic mass is 32.2. The number of methoxy groups -OCH3 is 1. The summed E-state index contributed by atoms with van der Waals surface area (Å²) in [7, 11) is -2.67. The Bertz CT molecular complexity index is 602. The molecule has 110 valence electrons. The van der Waals surface area contributed by atoms with Crippen molar-refractivity contribution in [3.8, 4) is 0 Å². The van der Waals surface area contributed by atoms with Crippen LogP contribution in [0.25, 0.3) is 0 Å². The number of nitrogens with zero attached hydrogens (tertiary/aromatic N) is 1. The van der Waals surface area contributed by atoms with Crippen molar-refractivity contribution >= 4 is 16.0 Å². The lowest BCUT2D eigenvalue weighted by molar-refractivity contribution is -0.146. The largest absolute Gasteiger partial charge is 0.468 e. The number of piperidine rings is 1. The lowest BCUT2D eigenvalue weighted by Crippen LogP contribution is -2.48. The number of sulfonamides is 1. The molecule has 7 heteroatoms. The van der Waals surface area contributed by atoms with E-state index in [1.165, 1.54) is 25.3 Å². The van der Waals surface area contributed by atoms with Crippen molar-refractivity contribution in [2.45, 2.75) is 30.2 Å². The number of rotatable bonds is 3. The normalized spacial score (nSPS) is 20.6. The molecule has 0 radical (unpaired) electrons. The van der Waals surface area contributed by atoms with Crippen LogP contribution in [0.5, 0.6) is 0 Å². The minimum atomic E-state index is -3.90. The first-order valence-corrected chi connectivity index (χ1v) is 7.76. The molecular formula is C13H16FNO4S. The molecule has 1 saturated heterocycles. The fourth-order valence-electron chi connectivity index (χ4n) is 2.33. The van der Waals surface area contributed by atoms with Gasteiger partial charge in [-0.25, -0.2) is 12.8 Å². The van der Waals surface area contributed by atoms with Crippen molar-refractivity contribution < 1.29 is 22.3 Å². The van der Waals surface area contributed by atoms with Crippen LogP contribution in [0, 0.1) is 5.82 Å². The van der Waals surface area contributed by atoms with Crippen molar-refractivity contribution in [2.24, 2.45) is 0 Å². The molecule has 1 fully saturated rings. The minimum absolute atomic E-state index is 0.145. The first-order valence-electron chi connectivity index (χ1n) is 6.32. The highest BCUT2D eigenvalue weighted by Gasteiger charge is 2.38. The molecule has 5 nitrogen and oxygen atoms in total. The second-order valence-corrected chi connectivity index (χ2v) is 6.50. The Hall–Kier alpha value is -1.47. The second kappa shape index (κ2) is 5.88. The summed E-state index contributed by atoms with van der Waals surface area (Å²) in [6, 6.07) is 3.95. The molecule has 2 rings (SSSR count). The Labute approximate surface area is 117 Å². The molecule has 1 aliphatic heterocycles. The van der Waals surface area contributed by atoms with Gasteiger partial charge in [0, 0.05) is 6.54 Å². The van der Waals surface area contributed by atoms with Crippen LogP contribution in [-0.4, -0.2) is 38.4 Å². The van der Waals surface area contributed by atoms with Gasteiger partial charge < -0.3 is 4.74 Å². The van der Waals surface area contributed by atoms with Crippen LogP contribution >= 0.6 is 0 Å². The summed E-state index contributed by atoms with van der Waals surface area (Å²) in [6.45, 7) is 0.235. The average molecular weight is 301 g/mol. The highest BCUT2D eigenvalue weighted by molar-refractivity contribution is 7.89. The van der Waals surface area contributed by atoms with E-state index in [-0.39, 0.29) is 11.4 Å². The van der Waals surface area contributed by atoms with Crippen LogP contribution in [0.3, 0.4) is 0 Å². The summed E-state index contributed by atoms with van der Waals surface area (Å²) >= 11 is 0. The van der Waals surface area contributed by atoms with Gasteiger partial charge in [-0.2, -0.15) is 4.31 Å². The fourth-order valence-corrected chi connectivity index (χ4v) is 4.01. The van der Waals surface area contributed by atoms with E-state index in [1.54, 1.807) is 0 Å². The predicted molar refractivity (Wildman–Crippen MR) is 69.9 cm³/mol. The van der Waals surface area contributed by atoms with E-state index in [0.717, 1.165) is 16.8 Å². The van der Waals surface area contributed by atoms with Crippen molar-refractivity contribution in [2.75, 3.05) is 13.7 Å². The molecule has 0 N–H and O–H groups in total. The zero-order chi connectivity index (χ0) is 14.8. The number of halogens is 1. The SMILES string of the molecule is COC(=O)C1CCCCN1S(=O)(=O)c1cccc(F)c1. The van der Waals surface area contributed by atoms with E-state index in [2.05, 4.69) is 4.74 Å². The molecule has 1 aromatic carbocycles. The number of hydrogen-bond acceptors (Lipinski definition) is 4. The Morgan fingerprint density at radius 2 is 2.15 bits per heavy atom. The molecule has 1 atom stereocenters. The molecule has 20 heavy (non-hydrogen) atoms. The zero-order valence-electron chi connectivity index (χ0n) is 11.1. The van der Waals surface area contributed by atoms with Gasteiger partial charge in [0.2, 0.25) is 10.0 Å². The van der Waals surface area contributed by atoms with Crippen LogP contribution in [0.4, 0.5) is 4.39 Å². The maximum Gasteiger partial charge on any atom is 0.324 e. The number of carbonyl (C=O) groups is 1. The highest BCUT2D eigenvalue weighted by Crippen LogP contribution is 2.26. The number of hydrogen-bond donors (Lipinski definition) is 0. The van der Waals surface area contributed by atoms with Crippen LogP contribution in [0.15, 0.2) is 29.2 Å². The number of carbonyl (C=O) groups excluding carboxylic acids is 1. The summed E-state index contributed by atoms with van der Waals surface area (Å²) < 4.78 is 44.0. The lowest BCUT2D eigenvalue weighted by Gasteiger charge is -2.32. The third kappa shape index (κ3) is 2.83. The quantitative estimate of drug-likeness (QED) is 0.795. The molecule has 0 saturated carbocycles. The molecule has 1 aliphatic rings. The van der Waals surface area contributed by atoms with E-state index >= 15 is 0 Å². The predicted octanol–water partition coefficient (Wildman–Crippen LogP) is 1.54. The Morgan fingerprint density at radius 3 is 2.80 bits per heavy atom. The Balaban J connectivity index is 2.38. The molecule has 0 spiro atoms. The van der Waals surface area contributed by atoms with Gasteiger partial charge in [0.1, 0.15) is 11.9 Å². The monoisotopic (exact) mass is 301 g/mol. The summed E-state index contributed by atoms with van der Waals surface area (Å²) in [6.07, 6.45) is 1.85. The van der Waals surface area contributed by atoms with Gasteiger partial charge in [-0.1, -0.05) is 6.07 Å². The van der Waals surface area contributed by atoms with Gasteiger partial charge in [0.25, 0.3) is 0 Å². The topological polar surface area (TPSA) is 63.7 Å². The van der Waals surface area contributed by atoms with Gasteiger partial charge >= 0.3 is 5.97 Å². The van der Waals surface area contributed by atoms with Crippen LogP contribution < -0.4 is 0 Å². The van der Waals surface area contributed by atoms with Gasteiger partial charge in [-0.15, -0.1) is 0 Å². The van der Waals surface area contributed by atoms with Crippen molar-refractivity contribution in [3.63, 3.8) is 0 Å². The standard InChI is InChI=1S/C13H16FNO4S/c1-19-13(16)12-7-2-3-8-15(12)20(17,18)11-6-4-5-10(14)9-11/h4-6,9,12H,2-3,7-8H2,1H3. The van der Waals surface area contributed by atoms with Gasteiger partial charge in [-0.05, 0) is 37.5 Å². The molecule has 1 aromatic rings. The third-order valence-electron chi connectivity index (χ3n) is 3.33. The first-order chi connectivity index (χ1) is 9.46. The molecule has 1 heterocycles. The number of ether oxygens (including phenoxy) is 1. The smallest absolute Gasteiger partial charge is 0.324 e. The maximum absolute atomic E-state index is 13.2. The molecular weight excluding hydrogens is 285 g/mol. The van der Waals surface area contributed by atoms with Crippen molar-refractivity contribution in [3.05, 3.63) is 30.1 Å². The van der Waals surface area contributed by atoms with Crippen LogP contribution in [0.2, 0.25) is 0 Å². The van der Waals surface area contributed by atoms with Gasteiger partial charge in [-0.3, -0.25) is 4.79 Å². The van der Waals surface area contributed by atoms with E-state index in [0.29, 0.717) is 12.8 Å². The third-order valence-corrected chi connectivity index (χ3v) is 5.23. The van der Waals surface area contributed by atoms with E-state index in [4.69, 9.17) is 0 Å². The average Bonchev–Trinajstić information content (AvgIpc) is 2.46. The maximum atomic E-state index is 13.2. The first kappa shape index (κ1) is 14.9. The second-order valence-electron chi connectivity index (χ2n) is 4.61. The molecule has 0 aliphatic carbocycles. The summed E-state index contributed by atoms with van der Waals surface area (Å²) in [5.41, 5.74) is 0. The van der Waals surface area contributed by atoms with Crippen LogP contribution in [0.1, 0.15) is 19.3 Å². The zero-order valence-corrected chi connectivity index (χ0v) is 11.9. The molecule has 0 aromatic heterocycles. The van der Waals surface area contributed by atoms with Crippen LogP contribution in [-0.2, 0) is 19.6 Å². The van der Waals surface area contributed by atoms with Gasteiger partial charge in [0.15, 0.2) is 0 Å². The summed E-state index contributed by atoms with van der Waals surface area (Å²) in [5, 5.41) is 0. The Kier molecular flexibility index (Phi) is 4.39. The van der Waals surface area contributed by atoms with Crippen molar-refractivity contribution in [1.29, 1.82) is 0 Å². The summed E-state index contributed by atoms with van der Waals surface area (Å²) in [4.78, 5) is 11.6. The molecule has 0 amide bonds. The van der Waals surface area contributed by atoms with Gasteiger partial charge in [0.05, 0.1) is 12.0 Å². The van der Waals surface area contributed by atoms with E-state index in [9.17, 15) is 17.6 Å². The Morgan fingerprint density at radius 1 is 1.40 bits per heavy atom. The fraction of sp³-hybridized carbons (Fsp3) is 0.462. The minimum Gasteiger partial charge on any atom is -0.468 e. The van der Waals surface area contributed by atoms with E-state index in [1.807, 2.05) is 0 Å². The van der Waals surface area contributed by atoms with E-state index < -0.39 is 27.9 Å². The molecule has 0 bridgehead atoms. The summed E-state index contributed by atoms with van der Waals surface area (Å²) in [5.74, 6) is -1.21. The van der Waals surface area contributed by atoms with Crippen molar-refractivity contribution in [1.82, 2.24) is 4.31 Å². The number of esters is 1. The number of benzene rings is 1. The molecule has 1 unspecified atom stereocenters. The lowest BCUT2D eigenvalue weighted by atomic mass is 10.1.